The lowest BCUT2D eigenvalue weighted by molar-refractivity contribution is -0.121. The van der Waals surface area contributed by atoms with E-state index in [2.05, 4.69) is 17.4 Å². The van der Waals surface area contributed by atoms with Gasteiger partial charge in [0.05, 0.1) is 21.2 Å². The first-order valence-corrected chi connectivity index (χ1v) is 9.34. The van der Waals surface area contributed by atoms with Crippen LogP contribution in [0.4, 0.5) is 0 Å². The Morgan fingerprint density at radius 1 is 1.00 bits per heavy atom. The lowest BCUT2D eigenvalue weighted by atomic mass is 9.96. The number of amides is 3. The summed E-state index contributed by atoms with van der Waals surface area (Å²) in [6.45, 7) is 0.156. The van der Waals surface area contributed by atoms with Crippen molar-refractivity contribution in [1.29, 1.82) is 0 Å². The molecule has 0 bridgehead atoms. The van der Waals surface area contributed by atoms with E-state index in [-0.39, 0.29) is 39.0 Å². The van der Waals surface area contributed by atoms with Gasteiger partial charge in [0.1, 0.15) is 6.54 Å². The summed E-state index contributed by atoms with van der Waals surface area (Å²) in [6.07, 6.45) is 2.00. The van der Waals surface area contributed by atoms with Gasteiger partial charge in [-0.05, 0) is 30.5 Å². The minimum atomic E-state index is -0.534. The summed E-state index contributed by atoms with van der Waals surface area (Å²) in [5, 5.41) is 3.26. The molecular weight excluding hydrogens is 387 g/mol. The molecule has 0 saturated heterocycles. The molecule has 0 unspecified atom stereocenters. The zero-order chi connectivity index (χ0) is 19.2. The molecule has 138 valence electrons. The molecule has 7 heteroatoms. The Kier molecular flexibility index (Phi) is 4.44. The SMILES string of the molecule is O=C(CN1C(=O)c2cc(Cl)c(Cl)cc2C1=O)NCC1(c2ccccc2)CC1. The topological polar surface area (TPSA) is 66.5 Å². The molecule has 2 aromatic carbocycles. The zero-order valence-corrected chi connectivity index (χ0v) is 15.8. The second kappa shape index (κ2) is 6.66. The van der Waals surface area contributed by atoms with E-state index in [9.17, 15) is 14.4 Å². The number of hydrogen-bond acceptors (Lipinski definition) is 3. The maximum Gasteiger partial charge on any atom is 0.262 e. The summed E-state index contributed by atoms with van der Waals surface area (Å²) in [5.41, 5.74) is 1.49. The molecule has 3 amide bonds. The number of nitrogens with zero attached hydrogens (tertiary/aromatic N) is 1. The fraction of sp³-hybridized carbons (Fsp3) is 0.250. The minimum Gasteiger partial charge on any atom is -0.354 e. The van der Waals surface area contributed by atoms with E-state index >= 15 is 0 Å². The van der Waals surface area contributed by atoms with Crippen molar-refractivity contribution in [2.75, 3.05) is 13.1 Å². The smallest absolute Gasteiger partial charge is 0.262 e. The third kappa shape index (κ3) is 3.22. The highest BCUT2D eigenvalue weighted by molar-refractivity contribution is 6.43. The summed E-state index contributed by atoms with van der Waals surface area (Å²) in [5.74, 6) is -1.44. The number of nitrogens with one attached hydrogen (secondary N) is 1. The molecule has 2 aromatic rings. The minimum absolute atomic E-state index is 0.0417. The van der Waals surface area contributed by atoms with Crippen molar-refractivity contribution >= 4 is 40.9 Å². The van der Waals surface area contributed by atoms with Crippen LogP contribution in [-0.2, 0) is 10.2 Å². The third-order valence-corrected chi connectivity index (χ3v) is 5.90. The molecule has 5 nitrogen and oxygen atoms in total. The monoisotopic (exact) mass is 402 g/mol. The standard InChI is InChI=1S/C20H16Cl2N2O3/c21-15-8-13-14(9-16(15)22)19(27)24(18(13)26)10-17(25)23-11-20(6-7-20)12-4-2-1-3-5-12/h1-5,8-9H,6-7,10-11H2,(H,23,25). The quantitative estimate of drug-likeness (QED) is 0.778. The van der Waals surface area contributed by atoms with Crippen LogP contribution < -0.4 is 5.32 Å². The van der Waals surface area contributed by atoms with E-state index in [1.54, 1.807) is 0 Å². The van der Waals surface area contributed by atoms with Gasteiger partial charge in [0.25, 0.3) is 11.8 Å². The van der Waals surface area contributed by atoms with Crippen LogP contribution in [0, 0.1) is 0 Å². The average molecular weight is 403 g/mol. The highest BCUT2D eigenvalue weighted by Crippen LogP contribution is 2.47. The molecule has 1 saturated carbocycles. The van der Waals surface area contributed by atoms with Gasteiger partial charge in [0.15, 0.2) is 0 Å². The first kappa shape index (κ1) is 18.0. The molecule has 0 radical (unpaired) electrons. The molecule has 0 atom stereocenters. The van der Waals surface area contributed by atoms with Gasteiger partial charge in [-0.25, -0.2) is 0 Å². The van der Waals surface area contributed by atoms with E-state index in [1.807, 2.05) is 18.2 Å². The number of carbonyl (C=O) groups is 3. The van der Waals surface area contributed by atoms with Crippen molar-refractivity contribution in [2.24, 2.45) is 0 Å². The van der Waals surface area contributed by atoms with E-state index < -0.39 is 11.8 Å². The predicted octanol–water partition coefficient (Wildman–Crippen LogP) is 3.44. The maximum absolute atomic E-state index is 12.5. The van der Waals surface area contributed by atoms with Crippen LogP contribution in [0.1, 0.15) is 39.1 Å². The van der Waals surface area contributed by atoms with Crippen molar-refractivity contribution < 1.29 is 14.4 Å². The van der Waals surface area contributed by atoms with Crippen LogP contribution in [0.2, 0.25) is 10.0 Å². The van der Waals surface area contributed by atoms with Gasteiger partial charge >= 0.3 is 0 Å². The molecule has 4 rings (SSSR count). The van der Waals surface area contributed by atoms with Gasteiger partial charge < -0.3 is 5.32 Å². The van der Waals surface area contributed by atoms with E-state index in [0.717, 1.165) is 17.7 Å². The summed E-state index contributed by atoms with van der Waals surface area (Å²) in [4.78, 5) is 38.2. The highest BCUT2D eigenvalue weighted by atomic mass is 35.5. The van der Waals surface area contributed by atoms with Crippen LogP contribution in [0.5, 0.6) is 0 Å². The summed E-state index contributed by atoms with van der Waals surface area (Å²) < 4.78 is 0. The van der Waals surface area contributed by atoms with Gasteiger partial charge in [0, 0.05) is 12.0 Å². The van der Waals surface area contributed by atoms with Crippen LogP contribution >= 0.6 is 23.2 Å². The van der Waals surface area contributed by atoms with Gasteiger partial charge in [0.2, 0.25) is 5.91 Å². The molecule has 0 spiro atoms. The molecule has 1 N–H and O–H groups in total. The summed E-state index contributed by atoms with van der Waals surface area (Å²) >= 11 is 11.9. The highest BCUT2D eigenvalue weighted by Gasteiger charge is 2.44. The first-order valence-electron chi connectivity index (χ1n) is 8.59. The summed E-state index contributed by atoms with van der Waals surface area (Å²) in [6, 6.07) is 12.8. The molecule has 1 fully saturated rings. The number of rotatable bonds is 5. The number of imide groups is 1. The maximum atomic E-state index is 12.5. The zero-order valence-electron chi connectivity index (χ0n) is 14.3. The number of benzene rings is 2. The Balaban J connectivity index is 1.42. The number of carbonyl (C=O) groups excluding carboxylic acids is 3. The van der Waals surface area contributed by atoms with Gasteiger partial charge in [-0.3, -0.25) is 19.3 Å². The molecule has 1 heterocycles. The van der Waals surface area contributed by atoms with E-state index in [1.165, 1.54) is 17.7 Å². The molecule has 1 aliphatic carbocycles. The second-order valence-electron chi connectivity index (χ2n) is 6.93. The summed E-state index contributed by atoms with van der Waals surface area (Å²) in [7, 11) is 0. The van der Waals surface area contributed by atoms with E-state index in [0.29, 0.717) is 6.54 Å². The Labute approximate surface area is 166 Å². The largest absolute Gasteiger partial charge is 0.354 e. The Bertz CT molecular complexity index is 914. The normalized spacial score (nSPS) is 17.0. The molecule has 27 heavy (non-hydrogen) atoms. The van der Waals surface area contributed by atoms with Crippen molar-refractivity contribution in [3.8, 4) is 0 Å². The average Bonchev–Trinajstić information content (AvgIpc) is 3.43. The lowest BCUT2D eigenvalue weighted by Gasteiger charge is -2.18. The van der Waals surface area contributed by atoms with Crippen molar-refractivity contribution in [3.63, 3.8) is 0 Å². The fourth-order valence-electron chi connectivity index (χ4n) is 3.40. The number of halogens is 2. The Morgan fingerprint density at radius 2 is 1.56 bits per heavy atom. The predicted molar refractivity (Wildman–Crippen MR) is 102 cm³/mol. The van der Waals surface area contributed by atoms with Crippen LogP contribution in [0.15, 0.2) is 42.5 Å². The van der Waals surface area contributed by atoms with Crippen LogP contribution in [-0.4, -0.2) is 35.7 Å². The second-order valence-corrected chi connectivity index (χ2v) is 7.75. The van der Waals surface area contributed by atoms with Crippen molar-refractivity contribution in [1.82, 2.24) is 10.2 Å². The van der Waals surface area contributed by atoms with Gasteiger partial charge in [-0.2, -0.15) is 0 Å². The van der Waals surface area contributed by atoms with E-state index in [4.69, 9.17) is 23.2 Å². The van der Waals surface area contributed by atoms with Gasteiger partial charge in [-0.15, -0.1) is 0 Å². The Morgan fingerprint density at radius 3 is 2.07 bits per heavy atom. The van der Waals surface area contributed by atoms with Crippen LogP contribution in [0.3, 0.4) is 0 Å². The van der Waals surface area contributed by atoms with Crippen molar-refractivity contribution in [3.05, 3.63) is 69.2 Å². The Hall–Kier alpha value is -2.37. The lowest BCUT2D eigenvalue weighted by Crippen LogP contribution is -2.42. The number of hydrogen-bond donors (Lipinski definition) is 1. The van der Waals surface area contributed by atoms with Gasteiger partial charge in [-0.1, -0.05) is 53.5 Å². The fourth-order valence-corrected chi connectivity index (χ4v) is 3.73. The third-order valence-electron chi connectivity index (χ3n) is 5.18. The molecule has 2 aliphatic rings. The number of fused-ring (bicyclic) bond motifs is 1. The van der Waals surface area contributed by atoms with Crippen molar-refractivity contribution in [2.45, 2.75) is 18.3 Å². The first-order chi connectivity index (χ1) is 12.9. The molecule has 0 aromatic heterocycles. The molecular formula is C20H16Cl2N2O3. The van der Waals surface area contributed by atoms with Crippen LogP contribution in [0.25, 0.3) is 0 Å². The molecule has 1 aliphatic heterocycles.